The lowest BCUT2D eigenvalue weighted by Gasteiger charge is -2.34. The first-order chi connectivity index (χ1) is 11.5. The highest BCUT2D eigenvalue weighted by Crippen LogP contribution is 2.20. The number of rotatable bonds is 4. The molecule has 1 aromatic carbocycles. The van der Waals surface area contributed by atoms with E-state index in [1.165, 1.54) is 22.5 Å². The van der Waals surface area contributed by atoms with E-state index in [0.717, 1.165) is 32.0 Å². The van der Waals surface area contributed by atoms with Crippen molar-refractivity contribution < 1.29 is 17.6 Å². The van der Waals surface area contributed by atoms with E-state index in [2.05, 4.69) is 4.90 Å². The van der Waals surface area contributed by atoms with Gasteiger partial charge in [0.05, 0.1) is 6.54 Å². The van der Waals surface area contributed by atoms with Crippen LogP contribution in [0.3, 0.4) is 0 Å². The third-order valence-corrected chi connectivity index (χ3v) is 6.54. The zero-order chi connectivity index (χ0) is 17.2. The van der Waals surface area contributed by atoms with Gasteiger partial charge in [-0.1, -0.05) is 12.1 Å². The first-order valence-corrected chi connectivity index (χ1v) is 9.67. The number of amides is 1. The highest BCUT2D eigenvalue weighted by atomic mass is 32.2. The van der Waals surface area contributed by atoms with Crippen molar-refractivity contribution in [3.05, 3.63) is 30.1 Å². The summed E-state index contributed by atoms with van der Waals surface area (Å²) in [5, 5.41) is 0. The van der Waals surface area contributed by atoms with Crippen LogP contribution in [0.15, 0.2) is 29.2 Å². The van der Waals surface area contributed by atoms with E-state index >= 15 is 0 Å². The number of halogens is 1. The van der Waals surface area contributed by atoms with Crippen molar-refractivity contribution in [2.45, 2.75) is 17.7 Å². The molecule has 2 saturated heterocycles. The Morgan fingerprint density at radius 2 is 1.62 bits per heavy atom. The molecule has 24 heavy (non-hydrogen) atoms. The van der Waals surface area contributed by atoms with Gasteiger partial charge in [0.2, 0.25) is 15.9 Å². The maximum absolute atomic E-state index is 13.8. The van der Waals surface area contributed by atoms with E-state index in [0.29, 0.717) is 19.6 Å². The summed E-state index contributed by atoms with van der Waals surface area (Å²) < 4.78 is 40.1. The van der Waals surface area contributed by atoms with E-state index in [1.54, 1.807) is 4.90 Å². The third kappa shape index (κ3) is 3.60. The van der Waals surface area contributed by atoms with Crippen molar-refractivity contribution in [2.75, 3.05) is 45.8 Å². The van der Waals surface area contributed by atoms with Crippen LogP contribution >= 0.6 is 0 Å². The summed E-state index contributed by atoms with van der Waals surface area (Å²) in [6, 6.07) is 5.38. The molecule has 2 heterocycles. The van der Waals surface area contributed by atoms with E-state index in [1.807, 2.05) is 0 Å². The second-order valence-corrected chi connectivity index (χ2v) is 8.10. The molecule has 0 atom stereocenters. The molecule has 2 fully saturated rings. The molecular weight excluding hydrogens is 333 g/mol. The monoisotopic (exact) mass is 355 g/mol. The number of hydrogen-bond donors (Lipinski definition) is 0. The maximum atomic E-state index is 13.8. The normalized spacial score (nSPS) is 20.5. The fourth-order valence-corrected chi connectivity index (χ4v) is 4.69. The van der Waals surface area contributed by atoms with Gasteiger partial charge >= 0.3 is 0 Å². The van der Waals surface area contributed by atoms with Crippen molar-refractivity contribution in [3.63, 3.8) is 0 Å². The predicted molar refractivity (Wildman–Crippen MR) is 87.4 cm³/mol. The summed E-state index contributed by atoms with van der Waals surface area (Å²) in [6.07, 6.45) is 2.25. The van der Waals surface area contributed by atoms with Crippen LogP contribution in [0, 0.1) is 5.82 Å². The average molecular weight is 355 g/mol. The van der Waals surface area contributed by atoms with Gasteiger partial charge in [0.1, 0.15) is 10.7 Å². The average Bonchev–Trinajstić information content (AvgIpc) is 3.08. The molecule has 2 aliphatic rings. The van der Waals surface area contributed by atoms with Crippen LogP contribution in [0.1, 0.15) is 12.8 Å². The molecule has 0 bridgehead atoms. The molecule has 0 aromatic heterocycles. The van der Waals surface area contributed by atoms with E-state index in [-0.39, 0.29) is 23.9 Å². The molecule has 2 aliphatic heterocycles. The van der Waals surface area contributed by atoms with Crippen molar-refractivity contribution in [2.24, 2.45) is 0 Å². The zero-order valence-electron chi connectivity index (χ0n) is 13.5. The largest absolute Gasteiger partial charge is 0.339 e. The smallest absolute Gasteiger partial charge is 0.246 e. The Morgan fingerprint density at radius 1 is 1.00 bits per heavy atom. The molecule has 0 N–H and O–H groups in total. The topological polar surface area (TPSA) is 60.9 Å². The molecule has 8 heteroatoms. The van der Waals surface area contributed by atoms with Gasteiger partial charge in [-0.3, -0.25) is 9.69 Å². The van der Waals surface area contributed by atoms with Crippen molar-refractivity contribution >= 4 is 15.9 Å². The minimum Gasteiger partial charge on any atom is -0.339 e. The summed E-state index contributed by atoms with van der Waals surface area (Å²) in [4.78, 5) is 15.8. The van der Waals surface area contributed by atoms with Gasteiger partial charge in [0.15, 0.2) is 0 Å². The minimum atomic E-state index is -3.85. The fraction of sp³-hybridized carbons (Fsp3) is 0.562. The molecular formula is C16H22FN3O3S. The summed E-state index contributed by atoms with van der Waals surface area (Å²) in [5.74, 6) is -0.704. The molecule has 0 radical (unpaired) electrons. The van der Waals surface area contributed by atoms with Crippen LogP contribution in [0.2, 0.25) is 0 Å². The first-order valence-electron chi connectivity index (χ1n) is 8.23. The second kappa shape index (κ2) is 7.16. The first kappa shape index (κ1) is 17.3. The number of nitrogens with zero attached hydrogens (tertiary/aromatic N) is 3. The van der Waals surface area contributed by atoms with Crippen molar-refractivity contribution in [3.8, 4) is 0 Å². The Bertz CT molecular complexity index is 696. The highest BCUT2D eigenvalue weighted by Gasteiger charge is 2.32. The number of benzene rings is 1. The Hall–Kier alpha value is -1.51. The van der Waals surface area contributed by atoms with Gasteiger partial charge in [-0.25, -0.2) is 12.8 Å². The van der Waals surface area contributed by atoms with Crippen LogP contribution in [0.5, 0.6) is 0 Å². The summed E-state index contributed by atoms with van der Waals surface area (Å²) >= 11 is 0. The second-order valence-electron chi connectivity index (χ2n) is 6.20. The quantitative estimate of drug-likeness (QED) is 0.800. The minimum absolute atomic E-state index is 0.0415. The van der Waals surface area contributed by atoms with Crippen molar-refractivity contribution in [1.82, 2.24) is 14.1 Å². The van der Waals surface area contributed by atoms with Gasteiger partial charge in [-0.05, 0) is 38.1 Å². The molecule has 0 aliphatic carbocycles. The number of hydrogen-bond acceptors (Lipinski definition) is 4. The molecule has 0 spiro atoms. The molecule has 1 amide bonds. The Kier molecular flexibility index (Phi) is 5.17. The van der Waals surface area contributed by atoms with Gasteiger partial charge in [-0.2, -0.15) is 4.31 Å². The number of carbonyl (C=O) groups excluding carboxylic acids is 1. The van der Waals surface area contributed by atoms with Gasteiger partial charge in [0.25, 0.3) is 0 Å². The molecule has 1 aromatic rings. The summed E-state index contributed by atoms with van der Waals surface area (Å²) in [7, 11) is -3.85. The molecule has 3 rings (SSSR count). The number of likely N-dealkylation sites (tertiary alicyclic amines) is 1. The van der Waals surface area contributed by atoms with Crippen LogP contribution in [0.4, 0.5) is 4.39 Å². The highest BCUT2D eigenvalue weighted by molar-refractivity contribution is 7.89. The summed E-state index contributed by atoms with van der Waals surface area (Å²) in [6.45, 7) is 3.40. The maximum Gasteiger partial charge on any atom is 0.246 e. The van der Waals surface area contributed by atoms with Crippen molar-refractivity contribution in [1.29, 1.82) is 0 Å². The number of sulfonamides is 1. The molecule has 0 saturated carbocycles. The lowest BCUT2D eigenvalue weighted by molar-refractivity contribution is -0.133. The molecule has 132 valence electrons. The zero-order valence-corrected chi connectivity index (χ0v) is 14.3. The van der Waals surface area contributed by atoms with Crippen LogP contribution < -0.4 is 0 Å². The molecule has 6 nitrogen and oxygen atoms in total. The summed E-state index contributed by atoms with van der Waals surface area (Å²) in [5.41, 5.74) is 0. The number of carbonyl (C=O) groups is 1. The Morgan fingerprint density at radius 3 is 2.25 bits per heavy atom. The van der Waals surface area contributed by atoms with Gasteiger partial charge < -0.3 is 4.90 Å². The lowest BCUT2D eigenvalue weighted by atomic mass is 10.3. The van der Waals surface area contributed by atoms with Crippen LogP contribution in [-0.4, -0.2) is 74.2 Å². The van der Waals surface area contributed by atoms with Gasteiger partial charge in [-0.15, -0.1) is 0 Å². The number of piperazine rings is 1. The fourth-order valence-electron chi connectivity index (χ4n) is 3.20. The molecule has 0 unspecified atom stereocenters. The Balaban J connectivity index is 1.60. The Labute approximate surface area is 141 Å². The SMILES string of the molecule is O=C(CN1CCCC1)N1CCN(S(=O)(=O)c2ccccc2F)CC1. The van der Waals surface area contributed by atoms with E-state index in [4.69, 9.17) is 0 Å². The van der Waals surface area contributed by atoms with E-state index in [9.17, 15) is 17.6 Å². The van der Waals surface area contributed by atoms with Crippen LogP contribution in [0.25, 0.3) is 0 Å². The van der Waals surface area contributed by atoms with Gasteiger partial charge in [0, 0.05) is 26.2 Å². The predicted octanol–water partition coefficient (Wildman–Crippen LogP) is 0.754. The van der Waals surface area contributed by atoms with Crippen LogP contribution in [-0.2, 0) is 14.8 Å². The standard InChI is InChI=1S/C16H22FN3O3S/c17-14-5-1-2-6-15(14)24(22,23)20-11-9-19(10-12-20)16(21)13-18-7-3-4-8-18/h1-2,5-6H,3-4,7-13H2. The lowest BCUT2D eigenvalue weighted by Crippen LogP contribution is -2.52. The van der Waals surface area contributed by atoms with E-state index < -0.39 is 15.8 Å². The third-order valence-electron chi connectivity index (χ3n) is 4.60.